The smallest absolute Gasteiger partial charge is 0.181 e. The summed E-state index contributed by atoms with van der Waals surface area (Å²) in [5.41, 5.74) is -0.216. The zero-order chi connectivity index (χ0) is 14.9. The lowest BCUT2D eigenvalue weighted by atomic mass is 9.72. The second kappa shape index (κ2) is 5.31. The predicted molar refractivity (Wildman–Crippen MR) is 77.2 cm³/mol. The van der Waals surface area contributed by atoms with Gasteiger partial charge in [-0.2, -0.15) is 0 Å². The molecule has 1 aliphatic rings. The lowest BCUT2D eigenvalue weighted by Crippen LogP contribution is -2.49. The first kappa shape index (κ1) is 13.8. The molecule has 1 unspecified atom stereocenters. The molecule has 0 radical (unpaired) electrons. The molecule has 4 heteroatoms. The van der Waals surface area contributed by atoms with E-state index < -0.39 is 24.7 Å². The Labute approximate surface area is 122 Å². The number of benzene rings is 2. The van der Waals surface area contributed by atoms with Crippen LogP contribution in [0.4, 0.5) is 0 Å². The first-order chi connectivity index (χ1) is 10.2. The summed E-state index contributed by atoms with van der Waals surface area (Å²) in [5.74, 6) is 0.192. The highest BCUT2D eigenvalue weighted by Crippen LogP contribution is 2.46. The minimum Gasteiger partial charge on any atom is -0.484 e. The third-order valence-corrected chi connectivity index (χ3v) is 4.00. The van der Waals surface area contributed by atoms with Crippen LogP contribution in [0.2, 0.25) is 0 Å². The van der Waals surface area contributed by atoms with Gasteiger partial charge in [0.2, 0.25) is 0 Å². The Morgan fingerprint density at radius 1 is 0.952 bits per heavy atom. The molecule has 0 spiro atoms. The van der Waals surface area contributed by atoms with Gasteiger partial charge in [-0.1, -0.05) is 42.5 Å². The van der Waals surface area contributed by atoms with Gasteiger partial charge < -0.3 is 14.9 Å². The molecule has 0 aliphatic carbocycles. The summed E-state index contributed by atoms with van der Waals surface area (Å²) >= 11 is 0. The van der Waals surface area contributed by atoms with Crippen molar-refractivity contribution >= 4 is 5.78 Å². The van der Waals surface area contributed by atoms with Crippen molar-refractivity contribution < 1.29 is 19.7 Å². The van der Waals surface area contributed by atoms with E-state index in [1.54, 1.807) is 24.3 Å². The van der Waals surface area contributed by atoms with Crippen LogP contribution in [0.25, 0.3) is 0 Å². The molecule has 2 N–H and O–H groups in total. The zero-order valence-electron chi connectivity index (χ0n) is 11.4. The molecule has 3 rings (SSSR count). The summed E-state index contributed by atoms with van der Waals surface area (Å²) in [7, 11) is 0. The third-order valence-electron chi connectivity index (χ3n) is 4.00. The second-order valence-electron chi connectivity index (χ2n) is 5.21. The SMILES string of the molecule is O=C1c2ccccc2OC(c2ccccc2)C1(CO)CO. The van der Waals surface area contributed by atoms with E-state index in [9.17, 15) is 15.0 Å². The monoisotopic (exact) mass is 284 g/mol. The lowest BCUT2D eigenvalue weighted by Gasteiger charge is -2.41. The first-order valence-electron chi connectivity index (χ1n) is 6.80. The van der Waals surface area contributed by atoms with Gasteiger partial charge in [-0.3, -0.25) is 4.79 Å². The molecule has 0 saturated heterocycles. The van der Waals surface area contributed by atoms with Crippen molar-refractivity contribution in [2.24, 2.45) is 5.41 Å². The fourth-order valence-electron chi connectivity index (χ4n) is 2.76. The maximum absolute atomic E-state index is 12.8. The number of para-hydroxylation sites is 1. The minimum atomic E-state index is -1.37. The Kier molecular flexibility index (Phi) is 3.49. The lowest BCUT2D eigenvalue weighted by molar-refractivity contribution is -0.0320. The maximum Gasteiger partial charge on any atom is 0.181 e. The number of carbonyl (C=O) groups excluding carboxylic acids is 1. The Bertz CT molecular complexity index is 647. The summed E-state index contributed by atoms with van der Waals surface area (Å²) in [5, 5.41) is 19.6. The molecule has 1 aliphatic heterocycles. The van der Waals surface area contributed by atoms with Gasteiger partial charge in [0.05, 0.1) is 18.8 Å². The van der Waals surface area contributed by atoms with Crippen LogP contribution in [-0.2, 0) is 0 Å². The second-order valence-corrected chi connectivity index (χ2v) is 5.21. The highest BCUT2D eigenvalue weighted by Gasteiger charge is 2.51. The van der Waals surface area contributed by atoms with E-state index in [2.05, 4.69) is 0 Å². The molecule has 0 amide bonds. The number of aliphatic hydroxyl groups excluding tert-OH is 2. The number of ketones is 1. The molecule has 0 fully saturated rings. The van der Waals surface area contributed by atoms with Gasteiger partial charge in [0, 0.05) is 0 Å². The average molecular weight is 284 g/mol. The number of ether oxygens (including phenoxy) is 1. The van der Waals surface area contributed by atoms with E-state index in [1.807, 2.05) is 30.3 Å². The number of carbonyl (C=O) groups is 1. The van der Waals surface area contributed by atoms with Gasteiger partial charge in [-0.25, -0.2) is 0 Å². The van der Waals surface area contributed by atoms with Crippen LogP contribution in [0.5, 0.6) is 5.75 Å². The normalized spacial score (nSPS) is 19.7. The molecule has 2 aromatic carbocycles. The van der Waals surface area contributed by atoms with Gasteiger partial charge in [0.15, 0.2) is 5.78 Å². The summed E-state index contributed by atoms with van der Waals surface area (Å²) in [6.07, 6.45) is -0.712. The number of aliphatic hydroxyl groups is 2. The topological polar surface area (TPSA) is 66.8 Å². The number of hydrogen-bond donors (Lipinski definition) is 2. The summed E-state index contributed by atoms with van der Waals surface area (Å²) < 4.78 is 5.95. The maximum atomic E-state index is 12.8. The summed E-state index contributed by atoms with van der Waals surface area (Å²) in [6, 6.07) is 16.1. The number of fused-ring (bicyclic) bond motifs is 1. The Balaban J connectivity index is 2.17. The Morgan fingerprint density at radius 2 is 1.57 bits per heavy atom. The molecule has 0 aromatic heterocycles. The van der Waals surface area contributed by atoms with Crippen LogP contribution in [0.15, 0.2) is 54.6 Å². The largest absolute Gasteiger partial charge is 0.484 e. The van der Waals surface area contributed by atoms with Crippen molar-refractivity contribution in [2.45, 2.75) is 6.10 Å². The van der Waals surface area contributed by atoms with Crippen molar-refractivity contribution in [3.05, 3.63) is 65.7 Å². The summed E-state index contributed by atoms with van der Waals surface area (Å²) in [4.78, 5) is 12.8. The number of hydrogen-bond acceptors (Lipinski definition) is 4. The van der Waals surface area contributed by atoms with E-state index in [4.69, 9.17) is 4.74 Å². The van der Waals surface area contributed by atoms with Gasteiger partial charge in [-0.15, -0.1) is 0 Å². The van der Waals surface area contributed by atoms with E-state index in [1.165, 1.54) is 0 Å². The Morgan fingerprint density at radius 3 is 2.24 bits per heavy atom. The average Bonchev–Trinajstić information content (AvgIpc) is 2.56. The van der Waals surface area contributed by atoms with Gasteiger partial charge in [0.25, 0.3) is 0 Å². The molecule has 0 bridgehead atoms. The van der Waals surface area contributed by atoms with Crippen molar-refractivity contribution in [3.8, 4) is 5.75 Å². The first-order valence-corrected chi connectivity index (χ1v) is 6.80. The molecule has 21 heavy (non-hydrogen) atoms. The summed E-state index contributed by atoms with van der Waals surface area (Å²) in [6.45, 7) is -0.952. The molecule has 4 nitrogen and oxygen atoms in total. The molecule has 0 saturated carbocycles. The fourth-order valence-corrected chi connectivity index (χ4v) is 2.76. The van der Waals surface area contributed by atoms with Crippen LogP contribution in [0.1, 0.15) is 22.0 Å². The van der Waals surface area contributed by atoms with Gasteiger partial charge >= 0.3 is 0 Å². The van der Waals surface area contributed by atoms with Crippen molar-refractivity contribution in [1.82, 2.24) is 0 Å². The van der Waals surface area contributed by atoms with Crippen molar-refractivity contribution in [2.75, 3.05) is 13.2 Å². The van der Waals surface area contributed by atoms with Crippen LogP contribution >= 0.6 is 0 Å². The van der Waals surface area contributed by atoms with E-state index in [-0.39, 0.29) is 5.78 Å². The minimum absolute atomic E-state index is 0.289. The van der Waals surface area contributed by atoms with E-state index in [0.29, 0.717) is 11.3 Å². The van der Waals surface area contributed by atoms with Crippen molar-refractivity contribution in [3.63, 3.8) is 0 Å². The van der Waals surface area contributed by atoms with Gasteiger partial charge in [-0.05, 0) is 17.7 Å². The van der Waals surface area contributed by atoms with Crippen LogP contribution in [0.3, 0.4) is 0 Å². The van der Waals surface area contributed by atoms with Gasteiger partial charge in [0.1, 0.15) is 17.3 Å². The van der Waals surface area contributed by atoms with Crippen LogP contribution in [0, 0.1) is 5.41 Å². The van der Waals surface area contributed by atoms with Crippen molar-refractivity contribution in [1.29, 1.82) is 0 Å². The number of Topliss-reactive ketones (excluding diaryl/α,β-unsaturated/α-hetero) is 1. The molecular weight excluding hydrogens is 268 g/mol. The van der Waals surface area contributed by atoms with E-state index >= 15 is 0 Å². The quantitative estimate of drug-likeness (QED) is 0.904. The molecular formula is C17H16O4. The predicted octanol–water partition coefficient (Wildman–Crippen LogP) is 1.97. The van der Waals surface area contributed by atoms with E-state index in [0.717, 1.165) is 5.56 Å². The third kappa shape index (κ3) is 2.04. The number of rotatable bonds is 3. The van der Waals surface area contributed by atoms with Crippen LogP contribution < -0.4 is 4.74 Å². The Hall–Kier alpha value is -2.17. The van der Waals surface area contributed by atoms with Crippen LogP contribution in [-0.4, -0.2) is 29.2 Å². The molecule has 1 heterocycles. The standard InChI is InChI=1S/C17H16O4/c18-10-17(11-19)15(20)13-8-4-5-9-14(13)21-16(17)12-6-2-1-3-7-12/h1-9,16,18-19H,10-11H2. The molecule has 1 atom stereocenters. The highest BCUT2D eigenvalue weighted by molar-refractivity contribution is 6.04. The fraction of sp³-hybridized carbons (Fsp3) is 0.235. The zero-order valence-corrected chi connectivity index (χ0v) is 11.4. The molecule has 2 aromatic rings. The highest BCUT2D eigenvalue weighted by atomic mass is 16.5. The molecule has 108 valence electrons.